The van der Waals surface area contributed by atoms with Crippen molar-refractivity contribution < 1.29 is 18.4 Å². The van der Waals surface area contributed by atoms with Gasteiger partial charge in [-0.05, 0) is 42.2 Å². The second kappa shape index (κ2) is 6.61. The Labute approximate surface area is 134 Å². The Bertz CT molecular complexity index is 816. The molecule has 0 bridgehead atoms. The molecule has 0 amide bonds. The van der Waals surface area contributed by atoms with Gasteiger partial charge in [0.05, 0.1) is 5.69 Å². The second-order valence-corrected chi connectivity index (χ2v) is 5.26. The molecule has 2 heterocycles. The molecule has 0 fully saturated rings. The highest BCUT2D eigenvalue weighted by molar-refractivity contribution is 7.07. The van der Waals surface area contributed by atoms with Crippen molar-refractivity contribution in [3.63, 3.8) is 0 Å². The lowest BCUT2D eigenvalue weighted by molar-refractivity contribution is 0.0464. The third kappa shape index (κ3) is 3.39. The highest BCUT2D eigenvalue weighted by Gasteiger charge is 2.18. The highest BCUT2D eigenvalue weighted by Crippen LogP contribution is 2.18. The molecule has 0 saturated carbocycles. The molecule has 9 heteroatoms. The van der Waals surface area contributed by atoms with Crippen molar-refractivity contribution in [1.29, 1.82) is 0 Å². The lowest BCUT2D eigenvalue weighted by atomic mass is 10.2. The topological polar surface area (TPSA) is 91.0 Å². The largest absolute Gasteiger partial charge is 0.453 e. The zero-order valence-corrected chi connectivity index (χ0v) is 12.8. The Balaban J connectivity index is 1.65. The summed E-state index contributed by atoms with van der Waals surface area (Å²) in [4.78, 5) is 16.4. The van der Waals surface area contributed by atoms with Gasteiger partial charge in [-0.2, -0.15) is 4.98 Å². The Morgan fingerprint density at radius 2 is 2.13 bits per heavy atom. The van der Waals surface area contributed by atoms with Crippen LogP contribution in [0.5, 0.6) is 0 Å². The predicted octanol–water partition coefficient (Wildman–Crippen LogP) is 2.65. The Morgan fingerprint density at radius 3 is 2.87 bits per heavy atom. The van der Waals surface area contributed by atoms with E-state index in [2.05, 4.69) is 19.7 Å². The fraction of sp³-hybridized carbons (Fsp3) is 0.214. The first-order valence-corrected chi connectivity index (χ1v) is 7.51. The first kappa shape index (κ1) is 15.2. The van der Waals surface area contributed by atoms with Gasteiger partial charge in [-0.15, -0.1) is 5.10 Å². The van der Waals surface area contributed by atoms with E-state index < -0.39 is 5.97 Å². The monoisotopic (exact) mass is 334 g/mol. The molecule has 0 aliphatic carbocycles. The summed E-state index contributed by atoms with van der Waals surface area (Å²) in [7, 11) is 0. The standard InChI is InChI=1S/C14H11FN4O3S/c1-2-10-12(23-19-17-10)14(20)21-7-11-16-13(22-18-11)8-3-5-9(15)6-4-8/h3-6H,2,7H2,1H3. The van der Waals surface area contributed by atoms with Crippen molar-refractivity contribution in [1.82, 2.24) is 19.7 Å². The van der Waals surface area contributed by atoms with Crippen molar-refractivity contribution in [3.8, 4) is 11.5 Å². The van der Waals surface area contributed by atoms with Crippen LogP contribution in [0.1, 0.15) is 28.1 Å². The number of ether oxygens (including phenoxy) is 1. The summed E-state index contributed by atoms with van der Waals surface area (Å²) < 4.78 is 26.8. The van der Waals surface area contributed by atoms with Gasteiger partial charge in [0.2, 0.25) is 5.82 Å². The van der Waals surface area contributed by atoms with Crippen molar-refractivity contribution in [2.24, 2.45) is 0 Å². The summed E-state index contributed by atoms with van der Waals surface area (Å²) in [5.41, 5.74) is 1.18. The normalized spacial score (nSPS) is 10.7. The SMILES string of the molecule is CCc1nnsc1C(=O)OCc1noc(-c2ccc(F)cc2)n1. The molecule has 0 unspecified atom stereocenters. The number of hydrogen-bond acceptors (Lipinski definition) is 8. The van der Waals surface area contributed by atoms with E-state index in [9.17, 15) is 9.18 Å². The van der Waals surface area contributed by atoms with E-state index in [4.69, 9.17) is 9.26 Å². The van der Waals surface area contributed by atoms with Crippen LogP contribution in [0, 0.1) is 5.82 Å². The number of carbonyl (C=O) groups excluding carboxylic acids is 1. The summed E-state index contributed by atoms with van der Waals surface area (Å²) >= 11 is 0.985. The summed E-state index contributed by atoms with van der Waals surface area (Å²) in [5.74, 6) is -0.435. The zero-order valence-electron chi connectivity index (χ0n) is 12.0. The van der Waals surface area contributed by atoms with Crippen LogP contribution in [0.15, 0.2) is 28.8 Å². The zero-order chi connectivity index (χ0) is 16.2. The van der Waals surface area contributed by atoms with Gasteiger partial charge in [0.25, 0.3) is 5.89 Å². The van der Waals surface area contributed by atoms with Crippen molar-refractivity contribution in [2.75, 3.05) is 0 Å². The fourth-order valence-corrected chi connectivity index (χ4v) is 2.46. The van der Waals surface area contributed by atoms with Gasteiger partial charge in [0.1, 0.15) is 5.82 Å². The van der Waals surface area contributed by atoms with Crippen LogP contribution in [0.3, 0.4) is 0 Å². The van der Waals surface area contributed by atoms with Gasteiger partial charge in [-0.25, -0.2) is 9.18 Å². The van der Waals surface area contributed by atoms with Crippen LogP contribution in [0.25, 0.3) is 11.5 Å². The van der Waals surface area contributed by atoms with E-state index in [1.165, 1.54) is 24.3 Å². The van der Waals surface area contributed by atoms with E-state index in [1.807, 2.05) is 6.92 Å². The molecular formula is C14H11FN4O3S. The van der Waals surface area contributed by atoms with E-state index in [0.717, 1.165) is 11.5 Å². The Hall–Kier alpha value is -2.68. The molecular weight excluding hydrogens is 323 g/mol. The fourth-order valence-electron chi connectivity index (χ4n) is 1.81. The molecule has 3 aromatic rings. The van der Waals surface area contributed by atoms with E-state index >= 15 is 0 Å². The van der Waals surface area contributed by atoms with Crippen LogP contribution in [-0.4, -0.2) is 25.7 Å². The summed E-state index contributed by atoms with van der Waals surface area (Å²) in [6.45, 7) is 1.74. The first-order valence-electron chi connectivity index (χ1n) is 6.74. The molecule has 7 nitrogen and oxygen atoms in total. The maximum absolute atomic E-state index is 12.9. The van der Waals surface area contributed by atoms with Gasteiger partial charge in [-0.3, -0.25) is 0 Å². The average Bonchev–Trinajstić information content (AvgIpc) is 3.22. The molecule has 23 heavy (non-hydrogen) atoms. The van der Waals surface area contributed by atoms with E-state index in [0.29, 0.717) is 22.6 Å². The van der Waals surface area contributed by atoms with Crippen LogP contribution in [0.2, 0.25) is 0 Å². The second-order valence-electron chi connectivity index (χ2n) is 4.50. The van der Waals surface area contributed by atoms with Crippen LogP contribution in [-0.2, 0) is 17.8 Å². The van der Waals surface area contributed by atoms with Gasteiger partial charge in [-0.1, -0.05) is 16.6 Å². The third-order valence-corrected chi connectivity index (χ3v) is 3.72. The average molecular weight is 334 g/mol. The number of carbonyl (C=O) groups is 1. The van der Waals surface area contributed by atoms with Gasteiger partial charge in [0, 0.05) is 5.56 Å². The van der Waals surface area contributed by atoms with Gasteiger partial charge < -0.3 is 9.26 Å². The molecule has 0 spiro atoms. The lowest BCUT2D eigenvalue weighted by Crippen LogP contribution is -2.06. The molecule has 0 aliphatic heterocycles. The van der Waals surface area contributed by atoms with Crippen molar-refractivity contribution in [2.45, 2.75) is 20.0 Å². The molecule has 0 aliphatic rings. The molecule has 0 saturated heterocycles. The maximum Gasteiger partial charge on any atom is 0.352 e. The molecule has 0 N–H and O–H groups in total. The molecule has 2 aromatic heterocycles. The third-order valence-electron chi connectivity index (χ3n) is 2.97. The summed E-state index contributed by atoms with van der Waals surface area (Å²) in [6.07, 6.45) is 0.595. The summed E-state index contributed by atoms with van der Waals surface area (Å²) in [5, 5.41) is 7.57. The Kier molecular flexibility index (Phi) is 4.38. The molecule has 0 radical (unpaired) electrons. The minimum Gasteiger partial charge on any atom is -0.453 e. The Morgan fingerprint density at radius 1 is 1.35 bits per heavy atom. The number of benzene rings is 1. The lowest BCUT2D eigenvalue weighted by Gasteiger charge is -1.99. The highest BCUT2D eigenvalue weighted by atomic mass is 32.1. The molecule has 0 atom stereocenters. The first-order chi connectivity index (χ1) is 11.2. The van der Waals surface area contributed by atoms with Crippen molar-refractivity contribution in [3.05, 3.63) is 46.5 Å². The maximum atomic E-state index is 12.9. The van der Waals surface area contributed by atoms with Gasteiger partial charge >= 0.3 is 5.97 Å². The quantitative estimate of drug-likeness (QED) is 0.662. The minimum atomic E-state index is -0.523. The number of nitrogens with zero attached hydrogens (tertiary/aromatic N) is 4. The van der Waals surface area contributed by atoms with E-state index in [-0.39, 0.29) is 24.1 Å². The number of aryl methyl sites for hydroxylation is 1. The number of halogens is 1. The molecule has 118 valence electrons. The van der Waals surface area contributed by atoms with Crippen LogP contribution < -0.4 is 0 Å². The number of esters is 1. The summed E-state index contributed by atoms with van der Waals surface area (Å²) in [6, 6.07) is 5.63. The van der Waals surface area contributed by atoms with Crippen LogP contribution >= 0.6 is 11.5 Å². The van der Waals surface area contributed by atoms with Gasteiger partial charge in [0.15, 0.2) is 11.5 Å². The predicted molar refractivity (Wildman–Crippen MR) is 78.1 cm³/mol. The van der Waals surface area contributed by atoms with E-state index in [1.54, 1.807) is 0 Å². The molecule has 1 aromatic carbocycles. The van der Waals surface area contributed by atoms with Crippen molar-refractivity contribution >= 4 is 17.5 Å². The minimum absolute atomic E-state index is 0.134. The van der Waals surface area contributed by atoms with Crippen LogP contribution in [0.4, 0.5) is 4.39 Å². The molecule has 3 rings (SSSR count). The number of hydrogen-bond donors (Lipinski definition) is 0. The smallest absolute Gasteiger partial charge is 0.352 e. The number of aromatic nitrogens is 4. The number of rotatable bonds is 5.